The molecule has 1 unspecified atom stereocenters. The Labute approximate surface area is 99.5 Å². The van der Waals surface area contributed by atoms with E-state index in [1.165, 1.54) is 0 Å². The van der Waals surface area contributed by atoms with Crippen molar-refractivity contribution in [3.05, 3.63) is 0 Å². The van der Waals surface area contributed by atoms with Crippen LogP contribution in [0.3, 0.4) is 0 Å². The van der Waals surface area contributed by atoms with Crippen LogP contribution in [0.15, 0.2) is 0 Å². The fourth-order valence-electron chi connectivity index (χ4n) is 1.62. The highest BCUT2D eigenvalue weighted by Crippen LogP contribution is 2.17. The number of nitrogens with one attached hydrogen (secondary N) is 2. The van der Waals surface area contributed by atoms with Crippen LogP contribution in [0.5, 0.6) is 0 Å². The van der Waals surface area contributed by atoms with E-state index in [1.807, 2.05) is 0 Å². The number of carbonyl (C=O) groups is 2. The van der Waals surface area contributed by atoms with Gasteiger partial charge in [0.15, 0.2) is 9.84 Å². The Morgan fingerprint density at radius 1 is 1.29 bits per heavy atom. The first-order chi connectivity index (χ1) is 7.89. The first-order valence-corrected chi connectivity index (χ1v) is 7.15. The molecule has 3 N–H and O–H groups in total. The molecule has 0 saturated carbocycles. The van der Waals surface area contributed by atoms with Crippen molar-refractivity contribution in [2.75, 3.05) is 24.6 Å². The van der Waals surface area contributed by atoms with E-state index >= 15 is 0 Å². The normalized spacial score (nSPS) is 22.0. The predicted octanol–water partition coefficient (Wildman–Crippen LogP) is -0.805. The van der Waals surface area contributed by atoms with Crippen LogP contribution in [0.1, 0.15) is 12.8 Å². The van der Waals surface area contributed by atoms with Crippen molar-refractivity contribution < 1.29 is 23.1 Å². The second kappa shape index (κ2) is 5.85. The largest absolute Gasteiger partial charge is 0.481 e. The summed E-state index contributed by atoms with van der Waals surface area (Å²) < 4.78 is 22.3. The quantitative estimate of drug-likeness (QED) is 0.601. The molecule has 2 amide bonds. The maximum atomic E-state index is 11.2. The van der Waals surface area contributed by atoms with Crippen LogP contribution in [0, 0.1) is 5.92 Å². The van der Waals surface area contributed by atoms with Crippen molar-refractivity contribution in [2.24, 2.45) is 5.92 Å². The van der Waals surface area contributed by atoms with Crippen molar-refractivity contribution in [2.45, 2.75) is 12.8 Å². The third-order valence-electron chi connectivity index (χ3n) is 2.50. The van der Waals surface area contributed by atoms with Gasteiger partial charge in [-0.25, -0.2) is 13.2 Å². The highest BCUT2D eigenvalue weighted by Gasteiger charge is 2.27. The van der Waals surface area contributed by atoms with E-state index in [2.05, 4.69) is 10.6 Å². The highest BCUT2D eigenvalue weighted by atomic mass is 32.2. The molecule has 1 aliphatic rings. The van der Waals surface area contributed by atoms with Crippen LogP contribution < -0.4 is 10.6 Å². The van der Waals surface area contributed by atoms with Crippen molar-refractivity contribution in [1.29, 1.82) is 0 Å². The average molecular weight is 264 g/mol. The first kappa shape index (κ1) is 13.8. The summed E-state index contributed by atoms with van der Waals surface area (Å²) in [4.78, 5) is 21.4. The molecule has 0 bridgehead atoms. The van der Waals surface area contributed by atoms with Crippen LogP contribution in [0.2, 0.25) is 0 Å². The molecule has 1 aliphatic heterocycles. The highest BCUT2D eigenvalue weighted by molar-refractivity contribution is 7.91. The van der Waals surface area contributed by atoms with E-state index < -0.39 is 21.8 Å². The number of rotatable bonds is 5. The van der Waals surface area contributed by atoms with Crippen LogP contribution in [-0.4, -0.2) is 50.1 Å². The number of carbonyl (C=O) groups excluding carboxylic acids is 1. The summed E-state index contributed by atoms with van der Waals surface area (Å²) in [6.45, 7) is 0.363. The van der Waals surface area contributed by atoms with Gasteiger partial charge in [-0.1, -0.05) is 0 Å². The summed E-state index contributed by atoms with van der Waals surface area (Å²) in [5.41, 5.74) is 0. The fraction of sp³-hybridized carbons (Fsp3) is 0.778. The monoisotopic (exact) mass is 264 g/mol. The summed E-state index contributed by atoms with van der Waals surface area (Å²) in [5, 5.41) is 13.3. The first-order valence-electron chi connectivity index (χ1n) is 5.33. The van der Waals surface area contributed by atoms with Gasteiger partial charge in [0.25, 0.3) is 0 Å². The van der Waals surface area contributed by atoms with E-state index in [9.17, 15) is 18.0 Å². The van der Waals surface area contributed by atoms with Gasteiger partial charge in [0.2, 0.25) is 0 Å². The molecule has 0 aliphatic carbocycles. The van der Waals surface area contributed by atoms with Crippen molar-refractivity contribution in [3.63, 3.8) is 0 Å². The molecule has 8 heteroatoms. The van der Waals surface area contributed by atoms with E-state index in [0.717, 1.165) is 0 Å². The van der Waals surface area contributed by atoms with Gasteiger partial charge in [-0.3, -0.25) is 4.79 Å². The lowest BCUT2D eigenvalue weighted by Gasteiger charge is -2.10. The van der Waals surface area contributed by atoms with Crippen molar-refractivity contribution in [1.82, 2.24) is 10.6 Å². The molecule has 0 radical (unpaired) electrons. The Hall–Kier alpha value is -1.31. The molecule has 0 spiro atoms. The third-order valence-corrected chi connectivity index (χ3v) is 4.34. The third kappa shape index (κ3) is 5.53. The lowest BCUT2D eigenvalue weighted by atomic mass is 10.1. The van der Waals surface area contributed by atoms with Gasteiger partial charge in [-0.15, -0.1) is 0 Å². The molecule has 1 heterocycles. The summed E-state index contributed by atoms with van der Waals surface area (Å²) in [6.07, 6.45) is 0.433. The van der Waals surface area contributed by atoms with E-state index in [4.69, 9.17) is 5.11 Å². The minimum Gasteiger partial charge on any atom is -0.481 e. The minimum atomic E-state index is -2.92. The Kier molecular flexibility index (Phi) is 4.73. The molecule has 1 atom stereocenters. The molecule has 0 aromatic heterocycles. The Morgan fingerprint density at radius 2 is 2.00 bits per heavy atom. The zero-order valence-electron chi connectivity index (χ0n) is 9.31. The SMILES string of the molecule is O=C(O)CCNC(=O)NCC1CCS(=O)(=O)C1. The number of aliphatic carboxylic acids is 1. The second-order valence-electron chi connectivity index (χ2n) is 4.05. The van der Waals surface area contributed by atoms with E-state index in [1.54, 1.807) is 0 Å². The van der Waals surface area contributed by atoms with Crippen LogP contribution in [-0.2, 0) is 14.6 Å². The number of amides is 2. The van der Waals surface area contributed by atoms with Crippen molar-refractivity contribution >= 4 is 21.8 Å². The average Bonchev–Trinajstić information content (AvgIpc) is 2.55. The Balaban J connectivity index is 2.14. The molecular formula is C9H16N2O5S. The number of hydrogen-bond acceptors (Lipinski definition) is 4. The standard InChI is InChI=1S/C9H16N2O5S/c12-8(13)1-3-10-9(14)11-5-7-2-4-17(15,16)6-7/h7H,1-6H2,(H,12,13)(H2,10,11,14). The summed E-state index contributed by atoms with van der Waals surface area (Å²) in [7, 11) is -2.92. The van der Waals surface area contributed by atoms with Crippen LogP contribution in [0.25, 0.3) is 0 Å². The van der Waals surface area contributed by atoms with Crippen LogP contribution in [0.4, 0.5) is 4.79 Å². The van der Waals surface area contributed by atoms with Gasteiger partial charge in [-0.2, -0.15) is 0 Å². The molecule has 1 saturated heterocycles. The van der Waals surface area contributed by atoms with Crippen molar-refractivity contribution in [3.8, 4) is 0 Å². The molecular weight excluding hydrogens is 248 g/mol. The number of sulfone groups is 1. The van der Waals surface area contributed by atoms with Gasteiger partial charge in [0, 0.05) is 13.1 Å². The molecule has 1 rings (SSSR count). The molecule has 1 fully saturated rings. The van der Waals surface area contributed by atoms with Crippen LogP contribution >= 0.6 is 0 Å². The lowest BCUT2D eigenvalue weighted by molar-refractivity contribution is -0.136. The summed E-state index contributed by atoms with van der Waals surface area (Å²) in [5.74, 6) is -0.722. The zero-order chi connectivity index (χ0) is 12.9. The summed E-state index contributed by atoms with van der Waals surface area (Å²) in [6, 6.07) is -0.462. The number of urea groups is 1. The lowest BCUT2D eigenvalue weighted by Crippen LogP contribution is -2.39. The molecule has 0 aromatic carbocycles. The Morgan fingerprint density at radius 3 is 2.53 bits per heavy atom. The maximum Gasteiger partial charge on any atom is 0.314 e. The topological polar surface area (TPSA) is 113 Å². The van der Waals surface area contributed by atoms with Gasteiger partial charge in [0.1, 0.15) is 0 Å². The van der Waals surface area contributed by atoms with Gasteiger partial charge in [0.05, 0.1) is 17.9 Å². The van der Waals surface area contributed by atoms with E-state index in [-0.39, 0.29) is 30.4 Å². The number of hydrogen-bond donors (Lipinski definition) is 3. The van der Waals surface area contributed by atoms with Gasteiger partial charge in [-0.05, 0) is 12.3 Å². The number of carboxylic acid groups (broad SMARTS) is 1. The molecule has 98 valence electrons. The maximum absolute atomic E-state index is 11.2. The molecule has 0 aromatic rings. The van der Waals surface area contributed by atoms with Gasteiger partial charge >= 0.3 is 12.0 Å². The summed E-state index contributed by atoms with van der Waals surface area (Å²) >= 11 is 0. The zero-order valence-corrected chi connectivity index (χ0v) is 10.1. The molecule has 17 heavy (non-hydrogen) atoms. The van der Waals surface area contributed by atoms with Gasteiger partial charge < -0.3 is 15.7 Å². The molecule has 7 nitrogen and oxygen atoms in total. The smallest absolute Gasteiger partial charge is 0.314 e. The predicted molar refractivity (Wildman–Crippen MR) is 60.4 cm³/mol. The Bertz CT molecular complexity index is 392. The second-order valence-corrected chi connectivity index (χ2v) is 6.28. The minimum absolute atomic E-state index is 0.0368. The fourth-order valence-corrected chi connectivity index (χ4v) is 3.48. The number of carboxylic acids is 1. The van der Waals surface area contributed by atoms with E-state index in [0.29, 0.717) is 13.0 Å².